The zero-order valence-electron chi connectivity index (χ0n) is 34.4. The number of carbonyl (C=O) groups is 3. The van der Waals surface area contributed by atoms with Crippen molar-refractivity contribution >= 4 is 34.7 Å². The number of nitrogens with one attached hydrogen (secondary N) is 1. The molecule has 3 saturated heterocycles. The molecule has 56 heavy (non-hydrogen) atoms. The lowest BCUT2D eigenvalue weighted by Gasteiger charge is -2.47. The molecule has 2 bridgehead atoms. The second-order valence-electron chi connectivity index (χ2n) is 16.7. The number of fused-ring (bicyclic) bond motifs is 6. The second-order valence-corrected chi connectivity index (χ2v) is 16.7. The van der Waals surface area contributed by atoms with Crippen molar-refractivity contribution in [3.63, 3.8) is 0 Å². The average Bonchev–Trinajstić information content (AvgIpc) is 3.52. The number of hydroxylamine groups is 1. The summed E-state index contributed by atoms with van der Waals surface area (Å²) in [6.45, 7) is 13.4. The van der Waals surface area contributed by atoms with Crippen molar-refractivity contribution in [1.29, 1.82) is 0 Å². The minimum atomic E-state index is -1.85. The quantitative estimate of drug-likeness (QED) is 0.172. The number of hydrogen-bond acceptors (Lipinski definition) is 16. The van der Waals surface area contributed by atoms with Crippen LogP contribution in [0.1, 0.15) is 80.2 Å². The van der Waals surface area contributed by atoms with Crippen molar-refractivity contribution in [3.05, 3.63) is 23.8 Å². The topological polar surface area (TPSA) is 214 Å². The Balaban J connectivity index is 1.56. The molecule has 1 aromatic heterocycles. The molecule has 3 aliphatic rings. The fourth-order valence-corrected chi connectivity index (χ4v) is 8.62. The summed E-state index contributed by atoms with van der Waals surface area (Å²) in [6.07, 6.45) is -5.16. The van der Waals surface area contributed by atoms with E-state index in [4.69, 9.17) is 38.7 Å². The van der Waals surface area contributed by atoms with Crippen LogP contribution in [0.5, 0.6) is 0 Å². The van der Waals surface area contributed by atoms with E-state index >= 15 is 0 Å². The molecule has 4 heterocycles. The first-order chi connectivity index (χ1) is 26.3. The number of nitrogens with zero attached hydrogens (tertiary/aromatic N) is 2. The van der Waals surface area contributed by atoms with E-state index in [0.717, 1.165) is 5.56 Å². The Bertz CT molecular complexity index is 1690. The largest absolute Gasteiger partial charge is 0.459 e. The molecule has 5 rings (SSSR count). The summed E-state index contributed by atoms with van der Waals surface area (Å²) in [5, 5.41) is 23.7. The average molecular weight is 791 g/mol. The number of nitrogen functional groups attached to an aromatic ring is 1. The summed E-state index contributed by atoms with van der Waals surface area (Å²) >= 11 is 0. The first kappa shape index (κ1) is 44.1. The number of benzene rings is 1. The lowest BCUT2D eigenvalue weighted by molar-refractivity contribution is -0.298. The third-order valence-electron chi connectivity index (χ3n) is 11.8. The highest BCUT2D eigenvalue weighted by molar-refractivity contribution is 6.00. The lowest BCUT2D eigenvalue weighted by atomic mass is 9.74. The van der Waals surface area contributed by atoms with Gasteiger partial charge in [-0.15, -0.1) is 0 Å². The van der Waals surface area contributed by atoms with Crippen LogP contribution in [0.25, 0.3) is 11.1 Å². The van der Waals surface area contributed by atoms with E-state index < -0.39 is 83.4 Å². The normalized spacial score (nSPS) is 39.6. The van der Waals surface area contributed by atoms with Crippen LogP contribution in [0.15, 0.2) is 22.6 Å². The van der Waals surface area contributed by atoms with E-state index in [1.807, 2.05) is 32.0 Å². The van der Waals surface area contributed by atoms with Crippen LogP contribution in [0, 0.1) is 23.7 Å². The first-order valence-corrected chi connectivity index (χ1v) is 19.7. The van der Waals surface area contributed by atoms with Gasteiger partial charge in [-0.1, -0.05) is 33.8 Å². The highest BCUT2D eigenvalue weighted by Crippen LogP contribution is 2.40. The number of aliphatic hydroxyl groups is 2. The number of aromatic nitrogens is 1. The summed E-state index contributed by atoms with van der Waals surface area (Å²) in [5.41, 5.74) is 7.40. The van der Waals surface area contributed by atoms with Crippen LogP contribution in [0.4, 0.5) is 6.01 Å². The van der Waals surface area contributed by atoms with Crippen molar-refractivity contribution in [2.45, 2.75) is 141 Å². The second kappa shape index (κ2) is 17.8. The molecule has 2 aromatic rings. The molecule has 16 nitrogen and oxygen atoms in total. The molecular formula is C40H62N4O12. The third-order valence-corrected chi connectivity index (χ3v) is 11.8. The van der Waals surface area contributed by atoms with E-state index in [0.29, 0.717) is 17.5 Å². The fraction of sp³-hybridized carbons (Fsp3) is 0.750. The monoisotopic (exact) mass is 790 g/mol. The molecule has 3 fully saturated rings. The van der Waals surface area contributed by atoms with Crippen molar-refractivity contribution < 1.29 is 57.5 Å². The molecule has 16 heteroatoms. The van der Waals surface area contributed by atoms with Crippen molar-refractivity contribution in [3.8, 4) is 0 Å². The maximum Gasteiger partial charge on any atom is 0.316 e. The molecule has 3 aliphatic heterocycles. The van der Waals surface area contributed by atoms with Gasteiger partial charge in [-0.2, -0.15) is 10.5 Å². The van der Waals surface area contributed by atoms with Gasteiger partial charge >= 0.3 is 5.97 Å². The smallest absolute Gasteiger partial charge is 0.316 e. The number of cyclic esters (lactones) is 1. The van der Waals surface area contributed by atoms with Gasteiger partial charge in [-0.25, -0.2) is 0 Å². The summed E-state index contributed by atoms with van der Waals surface area (Å²) in [6, 6.07) is 4.41. The van der Waals surface area contributed by atoms with Crippen LogP contribution in [0.3, 0.4) is 0 Å². The fourth-order valence-electron chi connectivity index (χ4n) is 8.62. The SMILES string of the molecule is CC[C@H]1OC(=O)[C@H](C)C(=O)[C@H](C)[C@@H](O[C@@H]2O[C@H](C)C[C@H](N(C)C)[C@H]2O)[C@@]2(C)C[C@@H](C)C(=O)[C@H](C)[C@@H](OCC(NOCc3ccc4nc(N)oc4c3)CO2)[C@]1(C)O. The summed E-state index contributed by atoms with van der Waals surface area (Å²) < 4.78 is 37.6. The third kappa shape index (κ3) is 9.45. The Kier molecular flexibility index (Phi) is 14.0. The highest BCUT2D eigenvalue weighted by atomic mass is 16.7. The Morgan fingerprint density at radius 1 is 1.05 bits per heavy atom. The maximum absolute atomic E-state index is 14.4. The molecule has 0 aliphatic carbocycles. The van der Waals surface area contributed by atoms with Gasteiger partial charge in [0, 0.05) is 23.8 Å². The Hall–Kier alpha value is -3.06. The van der Waals surface area contributed by atoms with Crippen molar-refractivity contribution in [2.75, 3.05) is 33.0 Å². The number of aliphatic hydroxyl groups excluding tert-OH is 1. The van der Waals surface area contributed by atoms with E-state index in [-0.39, 0.29) is 56.6 Å². The number of carbonyl (C=O) groups excluding carboxylic acids is 3. The number of esters is 1. The Morgan fingerprint density at radius 3 is 2.45 bits per heavy atom. The van der Waals surface area contributed by atoms with Gasteiger partial charge in [-0.3, -0.25) is 19.2 Å². The molecule has 0 saturated carbocycles. The minimum absolute atomic E-state index is 0.0539. The zero-order chi connectivity index (χ0) is 41.3. The molecule has 1 unspecified atom stereocenters. The minimum Gasteiger partial charge on any atom is -0.459 e. The molecular weight excluding hydrogens is 728 g/mol. The zero-order valence-corrected chi connectivity index (χ0v) is 34.4. The van der Waals surface area contributed by atoms with Gasteiger partial charge < -0.3 is 48.9 Å². The van der Waals surface area contributed by atoms with Gasteiger partial charge in [0.25, 0.3) is 6.01 Å². The van der Waals surface area contributed by atoms with Gasteiger partial charge in [-0.05, 0) is 78.7 Å². The Morgan fingerprint density at radius 2 is 1.77 bits per heavy atom. The molecule has 5 N–H and O–H groups in total. The predicted molar refractivity (Wildman–Crippen MR) is 204 cm³/mol. The number of Topliss-reactive ketones (excluding diaryl/α,β-unsaturated/α-hetero) is 2. The van der Waals surface area contributed by atoms with Gasteiger partial charge in [0.2, 0.25) is 0 Å². The van der Waals surface area contributed by atoms with E-state index in [1.54, 1.807) is 46.8 Å². The number of nitrogens with two attached hydrogens (primary N) is 1. The predicted octanol–water partition coefficient (Wildman–Crippen LogP) is 2.94. The Labute approximate surface area is 329 Å². The number of anilines is 1. The maximum atomic E-state index is 14.4. The number of likely N-dealkylation sites (N-methyl/N-ethyl adjacent to an activating group) is 1. The van der Waals surface area contributed by atoms with Crippen LogP contribution < -0.4 is 11.2 Å². The number of rotatable bonds is 8. The standard InChI is InChI=1S/C40H62N4O12/c1-11-30-40(8,49)35-22(4)31(45)20(2)16-39(7,51-19-26(18-50-35)43-52-17-25-12-13-27-29(15-25)54-38(41)42-27)34(23(5)32(46)24(6)36(48)55-30)56-37-33(47)28(44(9)10)14-21(3)53-37/h12-13,15,20-24,26,28,30,33-35,37,43,47,49H,11,14,16-19H2,1-10H3,(H2,41,42)/t20-,21-,22+,23+,24-,26?,28+,30-,33-,34-,35-,37+,39-,40-/m1/s1. The van der Waals surface area contributed by atoms with Crippen LogP contribution in [-0.2, 0) is 49.5 Å². The molecule has 1 aromatic carbocycles. The van der Waals surface area contributed by atoms with E-state index in [2.05, 4.69) is 10.5 Å². The number of hydrogen-bond donors (Lipinski definition) is 4. The van der Waals surface area contributed by atoms with Gasteiger partial charge in [0.15, 0.2) is 17.7 Å². The number of ketones is 2. The molecule has 0 radical (unpaired) electrons. The van der Waals surface area contributed by atoms with E-state index in [9.17, 15) is 24.6 Å². The van der Waals surface area contributed by atoms with E-state index in [1.165, 1.54) is 13.8 Å². The highest BCUT2D eigenvalue weighted by Gasteiger charge is 2.53. The van der Waals surface area contributed by atoms with Gasteiger partial charge in [0.1, 0.15) is 35.0 Å². The molecule has 0 spiro atoms. The lowest BCUT2D eigenvalue weighted by Crippen LogP contribution is -2.60. The first-order valence-electron chi connectivity index (χ1n) is 19.7. The summed E-state index contributed by atoms with van der Waals surface area (Å²) in [5.74, 6) is -5.38. The van der Waals surface area contributed by atoms with Gasteiger partial charge in [0.05, 0.1) is 49.8 Å². The molecule has 0 amide bonds. The van der Waals surface area contributed by atoms with Crippen LogP contribution >= 0.6 is 0 Å². The number of oxazole rings is 1. The van der Waals surface area contributed by atoms with Crippen LogP contribution in [-0.4, -0.2) is 125 Å². The molecule has 14 atom stereocenters. The van der Waals surface area contributed by atoms with Crippen molar-refractivity contribution in [1.82, 2.24) is 15.4 Å². The number of ether oxygens (including phenoxy) is 5. The summed E-state index contributed by atoms with van der Waals surface area (Å²) in [7, 11) is 3.72. The van der Waals surface area contributed by atoms with Crippen molar-refractivity contribution in [2.24, 2.45) is 23.7 Å². The molecule has 314 valence electrons. The van der Waals surface area contributed by atoms with Crippen LogP contribution in [0.2, 0.25) is 0 Å². The summed E-state index contributed by atoms with van der Waals surface area (Å²) in [4.78, 5) is 54.5.